The second kappa shape index (κ2) is 2.95. The van der Waals surface area contributed by atoms with Gasteiger partial charge in [0.15, 0.2) is 6.23 Å². The Balaban J connectivity index is 2.56. The number of carbonyl (C=O) groups is 1. The van der Waals surface area contributed by atoms with Gasteiger partial charge < -0.3 is 5.11 Å². The molecule has 0 saturated carbocycles. The minimum absolute atomic E-state index is 0.226. The summed E-state index contributed by atoms with van der Waals surface area (Å²) < 4.78 is 0. The Morgan fingerprint density at radius 1 is 1.50 bits per heavy atom. The topological polar surface area (TPSA) is 56.7 Å². The number of pyridine rings is 1. The van der Waals surface area contributed by atoms with E-state index < -0.39 is 6.23 Å². The van der Waals surface area contributed by atoms with E-state index in [4.69, 9.17) is 0 Å². The van der Waals surface area contributed by atoms with E-state index in [0.29, 0.717) is 11.3 Å². The number of rotatable bonds is 0. The Hall–Kier alpha value is -1.62. The van der Waals surface area contributed by atoms with Gasteiger partial charge in [0.1, 0.15) is 0 Å². The number of fused-ring (bicyclic) bond motifs is 1. The van der Waals surface area contributed by atoms with Crippen molar-refractivity contribution >= 4 is 11.7 Å². The lowest BCUT2D eigenvalue weighted by atomic mass is 10.1. The van der Waals surface area contributed by atoms with Crippen molar-refractivity contribution in [2.75, 3.05) is 19.0 Å². The maximum absolute atomic E-state index is 11.6. The summed E-state index contributed by atoms with van der Waals surface area (Å²) in [6, 6.07) is 1.49. The summed E-state index contributed by atoms with van der Waals surface area (Å²) in [6.45, 7) is 0. The van der Waals surface area contributed by atoms with Gasteiger partial charge in [0.25, 0.3) is 0 Å². The molecule has 0 bridgehead atoms. The third kappa shape index (κ3) is 1.06. The molecule has 0 aliphatic carbocycles. The first-order valence-corrected chi connectivity index (χ1v) is 4.25. The van der Waals surface area contributed by atoms with E-state index in [1.807, 2.05) is 0 Å². The number of nitrogens with zero attached hydrogens (tertiary/aromatic N) is 3. The quantitative estimate of drug-likeness (QED) is 0.655. The highest BCUT2D eigenvalue weighted by Crippen LogP contribution is 2.31. The molecule has 0 radical (unpaired) electrons. The summed E-state index contributed by atoms with van der Waals surface area (Å²) in [5, 5.41) is 9.76. The number of hydrogen-bond donors (Lipinski definition) is 1. The van der Waals surface area contributed by atoms with Crippen LogP contribution in [0.3, 0.4) is 0 Å². The number of urea groups is 1. The molecular weight excluding hydrogens is 182 g/mol. The third-order valence-electron chi connectivity index (χ3n) is 2.42. The summed E-state index contributed by atoms with van der Waals surface area (Å²) >= 11 is 0. The lowest BCUT2D eigenvalue weighted by Gasteiger charge is -2.35. The van der Waals surface area contributed by atoms with Crippen LogP contribution < -0.4 is 4.90 Å². The molecule has 1 aliphatic rings. The molecule has 2 rings (SSSR count). The van der Waals surface area contributed by atoms with Crippen LogP contribution in [0.1, 0.15) is 11.8 Å². The van der Waals surface area contributed by atoms with Crippen molar-refractivity contribution in [2.45, 2.75) is 6.23 Å². The molecule has 74 valence electrons. The van der Waals surface area contributed by atoms with E-state index in [9.17, 15) is 9.90 Å². The molecule has 0 spiro atoms. The second-order valence-electron chi connectivity index (χ2n) is 3.26. The first-order valence-electron chi connectivity index (χ1n) is 4.25. The SMILES string of the molecule is CN1C(=O)N(C)C(O)c2cnccc21. The van der Waals surface area contributed by atoms with Crippen LogP contribution in [-0.2, 0) is 0 Å². The Bertz CT molecular complexity index is 380. The molecule has 1 N–H and O–H groups in total. The van der Waals surface area contributed by atoms with E-state index in [2.05, 4.69) is 4.98 Å². The molecule has 14 heavy (non-hydrogen) atoms. The van der Waals surface area contributed by atoms with Crippen LogP contribution in [0.2, 0.25) is 0 Å². The first-order chi connectivity index (χ1) is 6.63. The Morgan fingerprint density at radius 3 is 2.93 bits per heavy atom. The fraction of sp³-hybridized carbons (Fsp3) is 0.333. The third-order valence-corrected chi connectivity index (χ3v) is 2.42. The van der Waals surface area contributed by atoms with Crippen LogP contribution in [0.4, 0.5) is 10.5 Å². The smallest absolute Gasteiger partial charge is 0.326 e. The van der Waals surface area contributed by atoms with E-state index in [-0.39, 0.29) is 6.03 Å². The van der Waals surface area contributed by atoms with Gasteiger partial charge in [-0.15, -0.1) is 0 Å². The minimum atomic E-state index is -0.901. The maximum atomic E-state index is 11.6. The molecule has 1 unspecified atom stereocenters. The van der Waals surface area contributed by atoms with Crippen LogP contribution in [-0.4, -0.2) is 35.1 Å². The Kier molecular flexibility index (Phi) is 1.89. The second-order valence-corrected chi connectivity index (χ2v) is 3.26. The predicted molar refractivity (Wildman–Crippen MR) is 50.8 cm³/mol. The average molecular weight is 193 g/mol. The van der Waals surface area contributed by atoms with Crippen LogP contribution >= 0.6 is 0 Å². The molecular formula is C9H11N3O2. The minimum Gasteiger partial charge on any atom is -0.369 e. The van der Waals surface area contributed by atoms with Crippen LogP contribution in [0.5, 0.6) is 0 Å². The first kappa shape index (κ1) is 8.96. The maximum Gasteiger partial charge on any atom is 0.326 e. The van der Waals surface area contributed by atoms with Gasteiger partial charge in [0.05, 0.1) is 5.69 Å². The van der Waals surface area contributed by atoms with Gasteiger partial charge in [-0.25, -0.2) is 4.79 Å². The van der Waals surface area contributed by atoms with E-state index >= 15 is 0 Å². The van der Waals surface area contributed by atoms with Crippen molar-refractivity contribution in [1.82, 2.24) is 9.88 Å². The molecule has 1 aromatic heterocycles. The van der Waals surface area contributed by atoms with Gasteiger partial charge in [0, 0.05) is 32.1 Å². The zero-order valence-electron chi connectivity index (χ0n) is 8.01. The number of anilines is 1. The zero-order chi connectivity index (χ0) is 10.3. The predicted octanol–water partition coefficient (Wildman–Crippen LogP) is 0.574. The highest BCUT2D eigenvalue weighted by atomic mass is 16.3. The van der Waals surface area contributed by atoms with Crippen molar-refractivity contribution in [3.63, 3.8) is 0 Å². The van der Waals surface area contributed by atoms with Crippen LogP contribution in [0.15, 0.2) is 18.5 Å². The lowest BCUT2D eigenvalue weighted by Crippen LogP contribution is -2.45. The van der Waals surface area contributed by atoms with Gasteiger partial charge in [-0.05, 0) is 6.07 Å². The van der Waals surface area contributed by atoms with Crippen LogP contribution in [0, 0.1) is 0 Å². The van der Waals surface area contributed by atoms with Crippen molar-refractivity contribution in [1.29, 1.82) is 0 Å². The van der Waals surface area contributed by atoms with E-state index in [0.717, 1.165) is 0 Å². The summed E-state index contributed by atoms with van der Waals surface area (Å²) in [5.74, 6) is 0. The molecule has 0 aromatic carbocycles. The highest BCUT2D eigenvalue weighted by molar-refractivity contribution is 5.94. The van der Waals surface area contributed by atoms with Gasteiger partial charge in [-0.1, -0.05) is 0 Å². The lowest BCUT2D eigenvalue weighted by molar-refractivity contribution is 0.0440. The fourth-order valence-electron chi connectivity index (χ4n) is 1.56. The summed E-state index contributed by atoms with van der Waals surface area (Å²) in [5.41, 5.74) is 1.35. The molecule has 2 amide bonds. The van der Waals surface area contributed by atoms with Crippen molar-refractivity contribution < 1.29 is 9.90 Å². The Morgan fingerprint density at radius 2 is 2.21 bits per heavy atom. The molecule has 0 saturated heterocycles. The molecule has 2 heterocycles. The number of aliphatic hydroxyl groups is 1. The monoisotopic (exact) mass is 193 g/mol. The van der Waals surface area contributed by atoms with E-state index in [1.54, 1.807) is 32.6 Å². The number of hydrogen-bond acceptors (Lipinski definition) is 3. The summed E-state index contributed by atoms with van der Waals surface area (Å²) in [7, 11) is 3.23. The van der Waals surface area contributed by atoms with Gasteiger partial charge in [-0.2, -0.15) is 0 Å². The molecule has 5 nitrogen and oxygen atoms in total. The standard InChI is InChI=1S/C9H11N3O2/c1-11-7-3-4-10-5-6(7)8(13)12(2)9(11)14/h3-5,8,13H,1-2H3. The summed E-state index contributed by atoms with van der Waals surface area (Å²) in [6.07, 6.45) is 2.27. The fourth-order valence-corrected chi connectivity index (χ4v) is 1.56. The van der Waals surface area contributed by atoms with Gasteiger partial charge >= 0.3 is 6.03 Å². The average Bonchev–Trinajstić information content (AvgIpc) is 2.23. The van der Waals surface area contributed by atoms with Crippen molar-refractivity contribution in [3.8, 4) is 0 Å². The largest absolute Gasteiger partial charge is 0.369 e. The van der Waals surface area contributed by atoms with E-state index in [1.165, 1.54) is 9.80 Å². The molecule has 5 heteroatoms. The molecule has 0 fully saturated rings. The molecule has 1 aliphatic heterocycles. The van der Waals surface area contributed by atoms with Crippen molar-refractivity contribution in [2.24, 2.45) is 0 Å². The number of amides is 2. The summed E-state index contributed by atoms with van der Waals surface area (Å²) in [4.78, 5) is 18.2. The van der Waals surface area contributed by atoms with Gasteiger partial charge in [-0.3, -0.25) is 14.8 Å². The van der Waals surface area contributed by atoms with Crippen LogP contribution in [0.25, 0.3) is 0 Å². The highest BCUT2D eigenvalue weighted by Gasteiger charge is 2.31. The normalized spacial score (nSPS) is 21.1. The molecule has 1 aromatic rings. The van der Waals surface area contributed by atoms with Crippen molar-refractivity contribution in [3.05, 3.63) is 24.0 Å². The number of carbonyl (C=O) groups excluding carboxylic acids is 1. The zero-order valence-corrected chi connectivity index (χ0v) is 8.01. The van der Waals surface area contributed by atoms with Gasteiger partial charge in [0.2, 0.25) is 0 Å². The molecule has 1 atom stereocenters. The number of aromatic nitrogens is 1. The number of aliphatic hydroxyl groups excluding tert-OH is 1. The Labute approximate surface area is 81.6 Å².